The van der Waals surface area contributed by atoms with Crippen molar-refractivity contribution in [2.24, 2.45) is 0 Å². The molecule has 12 rings (SSSR count). The topological polar surface area (TPSA) is 51.6 Å². The Kier molecular flexibility index (Phi) is 12.0. The van der Waals surface area contributed by atoms with Crippen molar-refractivity contribution in [2.75, 3.05) is 0 Å². The molecular formula is C68H46N4. The highest BCUT2D eigenvalue weighted by Crippen LogP contribution is 2.49. The summed E-state index contributed by atoms with van der Waals surface area (Å²) in [7, 11) is 0. The molecule has 0 saturated carbocycles. The van der Waals surface area contributed by atoms with Gasteiger partial charge >= 0.3 is 0 Å². The number of pyridine rings is 1. The zero-order valence-corrected chi connectivity index (χ0v) is 39.3. The van der Waals surface area contributed by atoms with Crippen molar-refractivity contribution in [1.82, 2.24) is 19.9 Å². The Morgan fingerprint density at radius 3 is 0.764 bits per heavy atom. The molecule has 0 aliphatic carbocycles. The lowest BCUT2D eigenvalue weighted by Crippen LogP contribution is -2.01. The van der Waals surface area contributed by atoms with Crippen LogP contribution in [0.5, 0.6) is 0 Å². The maximum absolute atomic E-state index is 5.61. The van der Waals surface area contributed by atoms with Gasteiger partial charge < -0.3 is 0 Å². The third-order valence-electron chi connectivity index (χ3n) is 13.1. The maximum atomic E-state index is 5.61. The number of nitrogens with zero attached hydrogens (tertiary/aromatic N) is 4. The fourth-order valence-electron chi connectivity index (χ4n) is 9.60. The standard InChI is InChI=1S/C68H46N4/c1-8-22-47(23-9-1)58-44-59(48-24-10-2-11-25-48)46-60(45-58)68-71-66(56-34-20-7-21-35-56)70-67(72-68)57-42-38-50(39-43-57)49-36-40-53(41-37-49)61-62(51-26-12-3-13-27-51)64(54-30-16-5-17-31-54)69-65(55-32-18-6-19-33-55)63(61)52-28-14-4-15-29-52/h1-46H. The highest BCUT2D eigenvalue weighted by atomic mass is 15.0. The summed E-state index contributed by atoms with van der Waals surface area (Å²) in [4.78, 5) is 21.1. The molecule has 0 atom stereocenters. The van der Waals surface area contributed by atoms with E-state index in [0.29, 0.717) is 17.5 Å². The lowest BCUT2D eigenvalue weighted by Gasteiger charge is -2.23. The Balaban J connectivity index is 0.971. The second-order valence-corrected chi connectivity index (χ2v) is 17.8. The number of rotatable bonds is 11. The molecule has 4 heteroatoms. The first-order chi connectivity index (χ1) is 35.7. The largest absolute Gasteiger partial charge is 0.246 e. The molecule has 0 amide bonds. The highest BCUT2D eigenvalue weighted by molar-refractivity contribution is 6.05. The summed E-state index contributed by atoms with van der Waals surface area (Å²) < 4.78 is 0. The smallest absolute Gasteiger partial charge is 0.164 e. The molecule has 338 valence electrons. The zero-order valence-electron chi connectivity index (χ0n) is 39.3. The minimum Gasteiger partial charge on any atom is -0.246 e. The van der Waals surface area contributed by atoms with Crippen LogP contribution in [0.4, 0.5) is 0 Å². The second-order valence-electron chi connectivity index (χ2n) is 17.8. The van der Waals surface area contributed by atoms with E-state index in [1.807, 2.05) is 42.5 Å². The zero-order chi connectivity index (χ0) is 48.1. The molecule has 0 N–H and O–H groups in total. The van der Waals surface area contributed by atoms with Gasteiger partial charge in [0.15, 0.2) is 17.5 Å². The van der Waals surface area contributed by atoms with Crippen molar-refractivity contribution in [1.29, 1.82) is 0 Å². The predicted molar refractivity (Wildman–Crippen MR) is 297 cm³/mol. The fourth-order valence-corrected chi connectivity index (χ4v) is 9.60. The van der Waals surface area contributed by atoms with Gasteiger partial charge in [0.2, 0.25) is 0 Å². The van der Waals surface area contributed by atoms with Crippen LogP contribution in [-0.4, -0.2) is 19.9 Å². The first-order valence-electron chi connectivity index (χ1n) is 24.3. The van der Waals surface area contributed by atoms with Crippen LogP contribution in [0.2, 0.25) is 0 Å². The molecule has 0 aliphatic rings. The normalized spacial score (nSPS) is 11.1. The van der Waals surface area contributed by atoms with Crippen LogP contribution in [-0.2, 0) is 0 Å². The summed E-state index contributed by atoms with van der Waals surface area (Å²) >= 11 is 0. The van der Waals surface area contributed by atoms with Gasteiger partial charge in [0.1, 0.15) is 0 Å². The molecule has 0 radical (unpaired) electrons. The number of benzene rings is 10. The van der Waals surface area contributed by atoms with Gasteiger partial charge in [0.25, 0.3) is 0 Å². The Labute approximate surface area is 420 Å². The molecule has 12 aromatic rings. The molecule has 0 saturated heterocycles. The molecule has 2 heterocycles. The van der Waals surface area contributed by atoms with Crippen LogP contribution in [0.1, 0.15) is 0 Å². The maximum Gasteiger partial charge on any atom is 0.164 e. The van der Waals surface area contributed by atoms with Gasteiger partial charge in [-0.15, -0.1) is 0 Å². The predicted octanol–water partition coefficient (Wildman–Crippen LogP) is 17.6. The summed E-state index contributed by atoms with van der Waals surface area (Å²) in [5.74, 6) is 1.84. The summed E-state index contributed by atoms with van der Waals surface area (Å²) in [6, 6.07) is 97.8. The Hall–Kier alpha value is -9.64. The summed E-state index contributed by atoms with van der Waals surface area (Å²) in [5, 5.41) is 0. The Morgan fingerprint density at radius 2 is 0.389 bits per heavy atom. The first kappa shape index (κ1) is 43.6. The van der Waals surface area contributed by atoms with E-state index in [-0.39, 0.29) is 0 Å². The minimum atomic E-state index is 0.607. The molecule has 4 nitrogen and oxygen atoms in total. The average molecular weight is 919 g/mol. The third-order valence-corrected chi connectivity index (χ3v) is 13.1. The summed E-state index contributed by atoms with van der Waals surface area (Å²) in [6.07, 6.45) is 0. The van der Waals surface area contributed by atoms with Crippen molar-refractivity contribution in [3.63, 3.8) is 0 Å². The van der Waals surface area contributed by atoms with Crippen LogP contribution in [0.25, 0.3) is 123 Å². The fraction of sp³-hybridized carbons (Fsp3) is 0. The molecule has 2 aromatic heterocycles. The van der Waals surface area contributed by atoms with E-state index >= 15 is 0 Å². The van der Waals surface area contributed by atoms with Crippen molar-refractivity contribution in [3.05, 3.63) is 279 Å². The van der Waals surface area contributed by atoms with Crippen molar-refractivity contribution in [3.8, 4) is 123 Å². The summed E-state index contributed by atoms with van der Waals surface area (Å²) in [5.41, 5.74) is 20.0. The molecule has 0 bridgehead atoms. The summed E-state index contributed by atoms with van der Waals surface area (Å²) in [6.45, 7) is 0. The van der Waals surface area contributed by atoms with Crippen LogP contribution in [0.15, 0.2) is 279 Å². The number of hydrogen-bond acceptors (Lipinski definition) is 4. The molecular weight excluding hydrogens is 873 g/mol. The first-order valence-corrected chi connectivity index (χ1v) is 24.3. The van der Waals surface area contributed by atoms with Gasteiger partial charge in [-0.1, -0.05) is 261 Å². The minimum absolute atomic E-state index is 0.607. The van der Waals surface area contributed by atoms with E-state index in [0.717, 1.165) is 106 Å². The highest BCUT2D eigenvalue weighted by Gasteiger charge is 2.25. The van der Waals surface area contributed by atoms with E-state index in [1.54, 1.807) is 0 Å². The van der Waals surface area contributed by atoms with E-state index in [1.165, 1.54) is 0 Å². The number of hydrogen-bond donors (Lipinski definition) is 0. The van der Waals surface area contributed by atoms with Crippen LogP contribution in [0.3, 0.4) is 0 Å². The monoisotopic (exact) mass is 918 g/mol. The van der Waals surface area contributed by atoms with Crippen LogP contribution < -0.4 is 0 Å². The Bertz CT molecular complexity index is 3620. The van der Waals surface area contributed by atoms with Gasteiger partial charge in [0, 0.05) is 44.5 Å². The molecule has 0 fully saturated rings. The van der Waals surface area contributed by atoms with Crippen LogP contribution >= 0.6 is 0 Å². The number of aromatic nitrogens is 4. The van der Waals surface area contributed by atoms with Crippen molar-refractivity contribution < 1.29 is 0 Å². The molecule has 10 aromatic carbocycles. The molecule has 72 heavy (non-hydrogen) atoms. The molecule has 0 spiro atoms. The molecule has 0 unspecified atom stereocenters. The Morgan fingerprint density at radius 1 is 0.153 bits per heavy atom. The lowest BCUT2D eigenvalue weighted by molar-refractivity contribution is 1.07. The van der Waals surface area contributed by atoms with Gasteiger partial charge in [-0.25, -0.2) is 19.9 Å². The lowest BCUT2D eigenvalue weighted by atomic mass is 9.83. The van der Waals surface area contributed by atoms with Crippen LogP contribution in [0, 0.1) is 0 Å². The van der Waals surface area contributed by atoms with E-state index in [9.17, 15) is 0 Å². The van der Waals surface area contributed by atoms with Gasteiger partial charge in [-0.2, -0.15) is 0 Å². The quantitative estimate of drug-likeness (QED) is 0.130. The van der Waals surface area contributed by atoms with Gasteiger partial charge in [0.05, 0.1) is 11.4 Å². The van der Waals surface area contributed by atoms with E-state index in [2.05, 4.69) is 237 Å². The van der Waals surface area contributed by atoms with E-state index < -0.39 is 0 Å². The van der Waals surface area contributed by atoms with Crippen molar-refractivity contribution in [2.45, 2.75) is 0 Å². The average Bonchev–Trinajstić information content (AvgIpc) is 3.48. The van der Waals surface area contributed by atoms with Gasteiger partial charge in [-0.3, -0.25) is 0 Å². The second kappa shape index (κ2) is 19.8. The third kappa shape index (κ3) is 8.93. The van der Waals surface area contributed by atoms with Gasteiger partial charge in [-0.05, 0) is 68.3 Å². The SMILES string of the molecule is c1ccc(-c2cc(-c3ccccc3)cc(-c3nc(-c4ccccc4)nc(-c4ccc(-c5ccc(-c6c(-c7ccccc7)c(-c7ccccc7)nc(-c7ccccc7)c6-c6ccccc6)cc5)cc4)n3)c2)cc1. The molecule has 0 aliphatic heterocycles. The van der Waals surface area contributed by atoms with E-state index in [4.69, 9.17) is 19.9 Å². The van der Waals surface area contributed by atoms with Crippen molar-refractivity contribution >= 4 is 0 Å².